The maximum atomic E-state index is 14.0. The van der Waals surface area contributed by atoms with E-state index >= 15 is 0 Å². The summed E-state index contributed by atoms with van der Waals surface area (Å²) in [5.41, 5.74) is 3.04. The van der Waals surface area contributed by atoms with Crippen molar-refractivity contribution < 1.29 is 13.9 Å². The Morgan fingerprint density at radius 1 is 1.12 bits per heavy atom. The zero-order valence-corrected chi connectivity index (χ0v) is 18.0. The van der Waals surface area contributed by atoms with Gasteiger partial charge in [-0.1, -0.05) is 35.9 Å². The lowest BCUT2D eigenvalue weighted by molar-refractivity contribution is 0.266. The number of allylic oxidation sites excluding steroid dienone is 1. The molecule has 0 amide bonds. The fraction of sp³-hybridized carbons (Fsp3) is 0.120. The predicted octanol–water partition coefficient (Wildman–Crippen LogP) is 6.40. The van der Waals surface area contributed by atoms with Crippen LogP contribution in [0.2, 0.25) is 5.02 Å². The topological polar surface area (TPSA) is 70.9 Å². The van der Waals surface area contributed by atoms with Crippen LogP contribution >= 0.6 is 11.6 Å². The zero-order chi connectivity index (χ0) is 22.5. The Morgan fingerprint density at radius 3 is 2.72 bits per heavy atom. The van der Waals surface area contributed by atoms with Crippen LogP contribution < -0.4 is 9.47 Å². The summed E-state index contributed by atoms with van der Waals surface area (Å²) in [6.45, 7) is 2.23. The molecule has 0 unspecified atom stereocenters. The van der Waals surface area contributed by atoms with E-state index < -0.39 is 5.82 Å². The number of hydrogen-bond donors (Lipinski definition) is 1. The van der Waals surface area contributed by atoms with E-state index in [0.29, 0.717) is 34.5 Å². The molecular formula is C25H19ClFN3O2. The van der Waals surface area contributed by atoms with Gasteiger partial charge in [0.1, 0.15) is 24.3 Å². The average molecular weight is 448 g/mol. The van der Waals surface area contributed by atoms with Crippen molar-refractivity contribution in [2.75, 3.05) is 6.61 Å². The molecular weight excluding hydrogens is 429 g/mol. The predicted molar refractivity (Wildman–Crippen MR) is 123 cm³/mol. The SMILES string of the molecule is CCOc1cc(/C=C(\C#N)c2nc3ccccc3[nH]2)ccc1OCc1c(F)cccc1Cl. The van der Waals surface area contributed by atoms with E-state index in [0.717, 1.165) is 16.6 Å². The number of ether oxygens (including phenoxy) is 2. The van der Waals surface area contributed by atoms with E-state index in [9.17, 15) is 9.65 Å². The number of nitrogens with zero attached hydrogens (tertiary/aromatic N) is 2. The van der Waals surface area contributed by atoms with Crippen molar-refractivity contribution in [2.24, 2.45) is 0 Å². The highest BCUT2D eigenvalue weighted by Gasteiger charge is 2.12. The minimum atomic E-state index is -0.431. The van der Waals surface area contributed by atoms with Crippen LogP contribution in [0.15, 0.2) is 60.7 Å². The minimum absolute atomic E-state index is 0.0385. The summed E-state index contributed by atoms with van der Waals surface area (Å²) in [6, 6.07) is 19.5. The van der Waals surface area contributed by atoms with Gasteiger partial charge in [0.15, 0.2) is 11.5 Å². The number of aromatic nitrogens is 2. The molecule has 1 N–H and O–H groups in total. The van der Waals surface area contributed by atoms with Crippen molar-refractivity contribution in [3.05, 3.63) is 88.5 Å². The maximum absolute atomic E-state index is 14.0. The molecule has 32 heavy (non-hydrogen) atoms. The van der Waals surface area contributed by atoms with Gasteiger partial charge in [0.2, 0.25) is 0 Å². The summed E-state index contributed by atoms with van der Waals surface area (Å²) in [5, 5.41) is 9.97. The Morgan fingerprint density at radius 2 is 1.97 bits per heavy atom. The standard InChI is InChI=1S/C25H19ClFN3O2/c1-2-31-24-13-16(10-11-23(24)32-15-18-19(26)6-5-7-20(18)27)12-17(14-28)25-29-21-8-3-4-9-22(21)30-25/h3-13H,2,15H2,1H3,(H,29,30)/b17-12+. The van der Waals surface area contributed by atoms with Crippen LogP contribution in [-0.2, 0) is 6.61 Å². The quantitative estimate of drug-likeness (QED) is 0.333. The molecule has 1 aromatic heterocycles. The highest BCUT2D eigenvalue weighted by atomic mass is 35.5. The van der Waals surface area contributed by atoms with Crippen LogP contribution in [-0.4, -0.2) is 16.6 Å². The van der Waals surface area contributed by atoms with Crippen molar-refractivity contribution in [1.29, 1.82) is 5.26 Å². The molecule has 0 bridgehead atoms. The van der Waals surface area contributed by atoms with Gasteiger partial charge in [0, 0.05) is 5.56 Å². The third-order valence-corrected chi connectivity index (χ3v) is 5.13. The first-order valence-electron chi connectivity index (χ1n) is 9.98. The lowest BCUT2D eigenvalue weighted by Gasteiger charge is -2.14. The van der Waals surface area contributed by atoms with E-state index in [1.807, 2.05) is 31.2 Å². The van der Waals surface area contributed by atoms with Crippen molar-refractivity contribution >= 4 is 34.3 Å². The molecule has 3 aromatic carbocycles. The van der Waals surface area contributed by atoms with E-state index in [1.54, 1.807) is 36.4 Å². The van der Waals surface area contributed by atoms with Crippen molar-refractivity contribution in [3.63, 3.8) is 0 Å². The lowest BCUT2D eigenvalue weighted by atomic mass is 10.1. The molecule has 4 rings (SSSR count). The molecule has 0 aliphatic heterocycles. The van der Waals surface area contributed by atoms with Crippen molar-refractivity contribution in [3.8, 4) is 17.6 Å². The summed E-state index contributed by atoms with van der Waals surface area (Å²) in [6.07, 6.45) is 1.72. The molecule has 7 heteroatoms. The Bertz CT molecular complexity index is 1290. The molecule has 5 nitrogen and oxygen atoms in total. The van der Waals surface area contributed by atoms with Gasteiger partial charge in [0.05, 0.1) is 28.2 Å². The molecule has 0 aliphatic carbocycles. The van der Waals surface area contributed by atoms with Gasteiger partial charge in [-0.15, -0.1) is 0 Å². The van der Waals surface area contributed by atoms with E-state index in [2.05, 4.69) is 16.0 Å². The van der Waals surface area contributed by atoms with Gasteiger partial charge < -0.3 is 14.5 Å². The van der Waals surface area contributed by atoms with Crippen LogP contribution in [0.1, 0.15) is 23.9 Å². The van der Waals surface area contributed by atoms with Crippen LogP contribution in [0.5, 0.6) is 11.5 Å². The molecule has 0 saturated heterocycles. The number of halogens is 2. The first kappa shape index (κ1) is 21.4. The summed E-state index contributed by atoms with van der Waals surface area (Å²) in [4.78, 5) is 7.65. The number of fused-ring (bicyclic) bond motifs is 1. The molecule has 0 saturated carbocycles. The van der Waals surface area contributed by atoms with Crippen LogP contribution in [0.25, 0.3) is 22.7 Å². The Kier molecular flexibility index (Phi) is 6.39. The Labute approximate surface area is 189 Å². The van der Waals surface area contributed by atoms with E-state index in [4.69, 9.17) is 21.1 Å². The number of benzene rings is 3. The largest absolute Gasteiger partial charge is 0.490 e. The number of H-pyrrole nitrogens is 1. The highest BCUT2D eigenvalue weighted by Crippen LogP contribution is 2.32. The van der Waals surface area contributed by atoms with Gasteiger partial charge in [-0.25, -0.2) is 9.37 Å². The number of nitrogens with one attached hydrogen (secondary N) is 1. The summed E-state index contributed by atoms with van der Waals surface area (Å²) >= 11 is 6.08. The summed E-state index contributed by atoms with van der Waals surface area (Å²) < 4.78 is 25.5. The third-order valence-electron chi connectivity index (χ3n) is 4.78. The third kappa shape index (κ3) is 4.58. The van der Waals surface area contributed by atoms with Crippen LogP contribution in [0, 0.1) is 17.1 Å². The summed E-state index contributed by atoms with van der Waals surface area (Å²) in [7, 11) is 0. The van der Waals surface area contributed by atoms with Gasteiger partial charge in [-0.2, -0.15) is 5.26 Å². The number of para-hydroxylation sites is 2. The number of nitriles is 1. The van der Waals surface area contributed by atoms with Crippen molar-refractivity contribution in [1.82, 2.24) is 9.97 Å². The number of rotatable bonds is 7. The first-order valence-corrected chi connectivity index (χ1v) is 10.4. The average Bonchev–Trinajstić information content (AvgIpc) is 3.22. The van der Waals surface area contributed by atoms with Gasteiger partial charge in [-0.05, 0) is 55.0 Å². The van der Waals surface area contributed by atoms with Gasteiger partial charge in [-0.3, -0.25) is 0 Å². The molecule has 160 valence electrons. The normalized spacial score (nSPS) is 11.4. The van der Waals surface area contributed by atoms with Gasteiger partial charge >= 0.3 is 0 Å². The molecule has 0 radical (unpaired) electrons. The molecule has 4 aromatic rings. The summed E-state index contributed by atoms with van der Waals surface area (Å²) in [5.74, 6) is 0.988. The second-order valence-corrected chi connectivity index (χ2v) is 7.31. The Hall–Kier alpha value is -3.82. The maximum Gasteiger partial charge on any atom is 0.161 e. The lowest BCUT2D eigenvalue weighted by Crippen LogP contribution is -2.02. The zero-order valence-electron chi connectivity index (χ0n) is 17.2. The van der Waals surface area contributed by atoms with E-state index in [-0.39, 0.29) is 12.2 Å². The van der Waals surface area contributed by atoms with Crippen molar-refractivity contribution in [2.45, 2.75) is 13.5 Å². The highest BCUT2D eigenvalue weighted by molar-refractivity contribution is 6.31. The number of hydrogen-bond acceptors (Lipinski definition) is 4. The first-order chi connectivity index (χ1) is 15.6. The minimum Gasteiger partial charge on any atom is -0.490 e. The second-order valence-electron chi connectivity index (χ2n) is 6.90. The number of imidazole rings is 1. The fourth-order valence-electron chi connectivity index (χ4n) is 3.22. The Balaban J connectivity index is 1.62. The van der Waals surface area contributed by atoms with Gasteiger partial charge in [0.25, 0.3) is 0 Å². The smallest absolute Gasteiger partial charge is 0.161 e. The monoisotopic (exact) mass is 447 g/mol. The van der Waals surface area contributed by atoms with Crippen LogP contribution in [0.4, 0.5) is 4.39 Å². The molecule has 0 spiro atoms. The fourth-order valence-corrected chi connectivity index (χ4v) is 3.44. The van der Waals surface area contributed by atoms with Crippen LogP contribution in [0.3, 0.4) is 0 Å². The molecule has 0 fully saturated rings. The molecule has 0 aliphatic rings. The second kappa shape index (κ2) is 9.54. The molecule has 0 atom stereocenters. The number of aromatic amines is 1. The van der Waals surface area contributed by atoms with E-state index in [1.165, 1.54) is 6.07 Å². The molecule has 1 heterocycles.